The van der Waals surface area contributed by atoms with E-state index in [2.05, 4.69) is 37.3 Å². The maximum Gasteiger partial charge on any atom is 0.305 e. The molecule has 3 amide bonds. The Kier molecular flexibility index (Phi) is 6.93. The van der Waals surface area contributed by atoms with Gasteiger partial charge in [0.2, 0.25) is 0 Å². The Balaban J connectivity index is 1.47. The van der Waals surface area contributed by atoms with Crippen LogP contribution in [0.15, 0.2) is 62.5 Å². The van der Waals surface area contributed by atoms with E-state index in [0.717, 1.165) is 22.0 Å². The number of aryl methyl sites for hydroxylation is 2. The van der Waals surface area contributed by atoms with Gasteiger partial charge in [0, 0.05) is 33.1 Å². The van der Waals surface area contributed by atoms with Crippen LogP contribution < -0.4 is 16.3 Å². The Hall–Kier alpha value is -3.72. The van der Waals surface area contributed by atoms with Gasteiger partial charge in [-0.15, -0.1) is 0 Å². The molecule has 8 nitrogen and oxygen atoms in total. The van der Waals surface area contributed by atoms with Gasteiger partial charge in [0.15, 0.2) is 5.76 Å². The van der Waals surface area contributed by atoms with Crippen LogP contribution in [0.5, 0.6) is 0 Å². The SMILES string of the molecule is Cc1ccc(C(=O)NNC(=O)c2oc3c(c2C)/C(=N/NC(=O)c2ccc(Br)cc2)CCC3)cc1. The summed E-state index contributed by atoms with van der Waals surface area (Å²) in [7, 11) is 0. The molecule has 0 spiro atoms. The van der Waals surface area contributed by atoms with Crippen molar-refractivity contribution in [1.29, 1.82) is 0 Å². The lowest BCUT2D eigenvalue weighted by Gasteiger charge is -2.13. The van der Waals surface area contributed by atoms with Crippen LogP contribution in [-0.4, -0.2) is 23.4 Å². The highest BCUT2D eigenvalue weighted by atomic mass is 79.9. The van der Waals surface area contributed by atoms with E-state index < -0.39 is 11.8 Å². The first kappa shape index (κ1) is 23.4. The maximum atomic E-state index is 12.7. The molecule has 3 aromatic rings. The number of hydrogen-bond donors (Lipinski definition) is 3. The number of benzene rings is 2. The van der Waals surface area contributed by atoms with Gasteiger partial charge in [-0.05, 0) is 63.1 Å². The average Bonchev–Trinajstić information content (AvgIpc) is 3.18. The van der Waals surface area contributed by atoms with Crippen LogP contribution >= 0.6 is 15.9 Å². The summed E-state index contributed by atoms with van der Waals surface area (Å²) in [6.07, 6.45) is 2.07. The highest BCUT2D eigenvalue weighted by Crippen LogP contribution is 2.29. The maximum absolute atomic E-state index is 12.7. The van der Waals surface area contributed by atoms with Gasteiger partial charge in [-0.25, -0.2) is 5.43 Å². The van der Waals surface area contributed by atoms with Crippen LogP contribution in [0.4, 0.5) is 0 Å². The quantitative estimate of drug-likeness (QED) is 0.445. The number of carbonyl (C=O) groups excluding carboxylic acids is 3. The number of hydrazine groups is 1. The van der Waals surface area contributed by atoms with Crippen LogP contribution in [-0.2, 0) is 6.42 Å². The van der Waals surface area contributed by atoms with E-state index in [1.54, 1.807) is 43.3 Å². The molecule has 1 aliphatic carbocycles. The molecular weight excluding hydrogens is 500 g/mol. The zero-order chi connectivity index (χ0) is 24.2. The summed E-state index contributed by atoms with van der Waals surface area (Å²) in [5.74, 6) is -0.589. The zero-order valence-corrected chi connectivity index (χ0v) is 20.3. The number of fused-ring (bicyclic) bond motifs is 1. The molecule has 2 aromatic carbocycles. The monoisotopic (exact) mass is 522 g/mol. The van der Waals surface area contributed by atoms with Crippen molar-refractivity contribution in [3.05, 3.63) is 92.3 Å². The summed E-state index contributed by atoms with van der Waals surface area (Å²) in [4.78, 5) is 37.4. The third kappa shape index (κ3) is 5.09. The first-order valence-electron chi connectivity index (χ1n) is 10.8. The minimum atomic E-state index is -0.564. The van der Waals surface area contributed by atoms with Crippen LogP contribution in [0.3, 0.4) is 0 Å². The fourth-order valence-electron chi connectivity index (χ4n) is 3.73. The molecule has 4 rings (SSSR count). The number of halogens is 1. The summed E-state index contributed by atoms with van der Waals surface area (Å²) >= 11 is 3.34. The molecule has 9 heteroatoms. The summed E-state index contributed by atoms with van der Waals surface area (Å²) in [6.45, 7) is 3.69. The van der Waals surface area contributed by atoms with Crippen molar-refractivity contribution in [3.8, 4) is 0 Å². The lowest BCUT2D eigenvalue weighted by Crippen LogP contribution is -2.41. The van der Waals surface area contributed by atoms with Gasteiger partial charge < -0.3 is 4.42 Å². The second-order valence-electron chi connectivity index (χ2n) is 7.99. The lowest BCUT2D eigenvalue weighted by atomic mass is 9.93. The standard InChI is InChI=1S/C25H23BrN4O4/c1-14-6-8-16(9-7-14)24(32)29-30-25(33)22-15(2)21-19(4-3-5-20(21)34-22)27-28-23(31)17-10-12-18(26)13-11-17/h6-13H,3-5H2,1-2H3,(H,28,31)(H,29,32)(H,30,33)/b27-19+. The van der Waals surface area contributed by atoms with E-state index in [4.69, 9.17) is 4.42 Å². The fourth-order valence-corrected chi connectivity index (χ4v) is 3.99. The van der Waals surface area contributed by atoms with Crippen molar-refractivity contribution in [2.45, 2.75) is 33.1 Å². The van der Waals surface area contributed by atoms with Crippen molar-refractivity contribution < 1.29 is 18.8 Å². The number of hydrogen-bond acceptors (Lipinski definition) is 5. The molecule has 0 fully saturated rings. The van der Waals surface area contributed by atoms with Crippen LogP contribution in [0, 0.1) is 13.8 Å². The van der Waals surface area contributed by atoms with Crippen molar-refractivity contribution in [1.82, 2.24) is 16.3 Å². The molecular formula is C25H23BrN4O4. The van der Waals surface area contributed by atoms with Crippen LogP contribution in [0.25, 0.3) is 0 Å². The third-order valence-corrected chi connectivity index (χ3v) is 6.06. The number of carbonyl (C=O) groups is 3. The lowest BCUT2D eigenvalue weighted by molar-refractivity contribution is 0.0829. The normalized spacial score (nSPS) is 13.8. The number of nitrogens with zero attached hydrogens (tertiary/aromatic N) is 1. The Morgan fingerprint density at radius 1 is 0.853 bits per heavy atom. The Labute approximate surface area is 204 Å². The molecule has 1 aromatic heterocycles. The van der Waals surface area contributed by atoms with Crippen molar-refractivity contribution in [2.24, 2.45) is 5.10 Å². The number of amides is 3. The van der Waals surface area contributed by atoms with E-state index in [-0.39, 0.29) is 11.7 Å². The largest absolute Gasteiger partial charge is 0.455 e. The van der Waals surface area contributed by atoms with Crippen molar-refractivity contribution in [2.75, 3.05) is 0 Å². The molecule has 0 atom stereocenters. The number of nitrogens with one attached hydrogen (secondary N) is 3. The van der Waals surface area contributed by atoms with Gasteiger partial charge in [-0.2, -0.15) is 5.10 Å². The van der Waals surface area contributed by atoms with Gasteiger partial charge in [0.25, 0.3) is 11.8 Å². The Bertz CT molecular complexity index is 1280. The predicted molar refractivity (Wildman–Crippen MR) is 131 cm³/mol. The highest BCUT2D eigenvalue weighted by molar-refractivity contribution is 9.10. The Morgan fingerprint density at radius 3 is 2.18 bits per heavy atom. The molecule has 174 valence electrons. The van der Waals surface area contributed by atoms with Gasteiger partial charge in [0.05, 0.1) is 5.71 Å². The molecule has 1 aliphatic rings. The second-order valence-corrected chi connectivity index (χ2v) is 8.90. The third-order valence-electron chi connectivity index (χ3n) is 5.53. The van der Waals surface area contributed by atoms with E-state index in [0.29, 0.717) is 41.0 Å². The molecule has 0 saturated heterocycles. The number of rotatable bonds is 4. The van der Waals surface area contributed by atoms with Crippen LogP contribution in [0.1, 0.15) is 66.6 Å². The zero-order valence-electron chi connectivity index (χ0n) is 18.7. The molecule has 0 radical (unpaired) electrons. The van der Waals surface area contributed by atoms with E-state index >= 15 is 0 Å². The van der Waals surface area contributed by atoms with Gasteiger partial charge in [0.1, 0.15) is 5.76 Å². The molecule has 0 aliphatic heterocycles. The van der Waals surface area contributed by atoms with Crippen LogP contribution in [0.2, 0.25) is 0 Å². The minimum absolute atomic E-state index is 0.100. The summed E-state index contributed by atoms with van der Waals surface area (Å²) in [5, 5.41) is 4.32. The van der Waals surface area contributed by atoms with E-state index in [9.17, 15) is 14.4 Å². The Morgan fingerprint density at radius 2 is 1.47 bits per heavy atom. The summed E-state index contributed by atoms with van der Waals surface area (Å²) in [5.41, 5.74) is 11.3. The summed E-state index contributed by atoms with van der Waals surface area (Å²) in [6, 6.07) is 13.9. The van der Waals surface area contributed by atoms with Gasteiger partial charge >= 0.3 is 5.91 Å². The van der Waals surface area contributed by atoms with Crippen molar-refractivity contribution >= 4 is 39.4 Å². The number of hydrazone groups is 1. The average molecular weight is 523 g/mol. The van der Waals surface area contributed by atoms with E-state index in [1.807, 2.05) is 19.1 Å². The second kappa shape index (κ2) is 10.0. The smallest absolute Gasteiger partial charge is 0.305 e. The first-order chi connectivity index (χ1) is 16.3. The van der Waals surface area contributed by atoms with Gasteiger partial charge in [-0.3, -0.25) is 25.2 Å². The molecule has 34 heavy (non-hydrogen) atoms. The van der Waals surface area contributed by atoms with Gasteiger partial charge in [-0.1, -0.05) is 33.6 Å². The van der Waals surface area contributed by atoms with E-state index in [1.165, 1.54) is 0 Å². The molecule has 1 heterocycles. The minimum Gasteiger partial charge on any atom is -0.455 e. The first-order valence-corrected chi connectivity index (χ1v) is 11.5. The topological polar surface area (TPSA) is 113 Å². The predicted octanol–water partition coefficient (Wildman–Crippen LogP) is 4.20. The van der Waals surface area contributed by atoms with Crippen molar-refractivity contribution in [3.63, 3.8) is 0 Å². The molecule has 0 saturated carbocycles. The summed E-state index contributed by atoms with van der Waals surface area (Å²) < 4.78 is 6.70. The number of furan rings is 1. The molecule has 3 N–H and O–H groups in total. The highest BCUT2D eigenvalue weighted by Gasteiger charge is 2.28. The molecule has 0 unspecified atom stereocenters. The fraction of sp³-hybridized carbons (Fsp3) is 0.200. The molecule has 0 bridgehead atoms.